The average Bonchev–Trinajstić information content (AvgIpc) is 2.46. The predicted molar refractivity (Wildman–Crippen MR) is 71.3 cm³/mol. The number of aromatic nitrogens is 2. The Morgan fingerprint density at radius 1 is 1.30 bits per heavy atom. The number of carbonyl (C=O) groups excluding carboxylic acids is 1. The molecule has 102 valence electrons. The Hall–Kier alpha value is -2.76. The van der Waals surface area contributed by atoms with E-state index < -0.39 is 5.97 Å². The molecular weight excluding hydrogens is 258 g/mol. The zero-order chi connectivity index (χ0) is 14.5. The Morgan fingerprint density at radius 3 is 2.80 bits per heavy atom. The molecule has 0 aliphatic rings. The number of aromatic carboxylic acids is 1. The van der Waals surface area contributed by atoms with Gasteiger partial charge in [-0.1, -0.05) is 0 Å². The second-order valence-electron chi connectivity index (χ2n) is 4.22. The number of hydrogen-bond donors (Lipinski definition) is 2. The fourth-order valence-electron chi connectivity index (χ4n) is 1.67. The highest BCUT2D eigenvalue weighted by atomic mass is 16.4. The lowest BCUT2D eigenvalue weighted by molar-refractivity contribution is 0.0690. The molecule has 0 bridgehead atoms. The van der Waals surface area contributed by atoms with Gasteiger partial charge in [-0.05, 0) is 36.2 Å². The molecule has 1 amide bonds. The zero-order valence-electron chi connectivity index (χ0n) is 10.8. The summed E-state index contributed by atoms with van der Waals surface area (Å²) in [4.78, 5) is 30.4. The average molecular weight is 271 g/mol. The molecule has 2 N–H and O–H groups in total. The Morgan fingerprint density at radius 2 is 2.10 bits per heavy atom. The van der Waals surface area contributed by atoms with Crippen LogP contribution in [0.25, 0.3) is 0 Å². The molecule has 6 heteroatoms. The molecule has 0 saturated carbocycles. The number of hydrogen-bond acceptors (Lipinski definition) is 4. The molecule has 0 fully saturated rings. The van der Waals surface area contributed by atoms with E-state index in [1.54, 1.807) is 12.4 Å². The van der Waals surface area contributed by atoms with E-state index >= 15 is 0 Å². The third kappa shape index (κ3) is 3.17. The van der Waals surface area contributed by atoms with Gasteiger partial charge in [0.15, 0.2) is 0 Å². The van der Waals surface area contributed by atoms with Crippen molar-refractivity contribution in [1.82, 2.24) is 15.3 Å². The summed E-state index contributed by atoms with van der Waals surface area (Å²) in [7, 11) is 0. The van der Waals surface area contributed by atoms with Crippen molar-refractivity contribution in [2.45, 2.75) is 13.5 Å². The van der Waals surface area contributed by atoms with E-state index in [2.05, 4.69) is 15.3 Å². The topological polar surface area (TPSA) is 92.2 Å². The van der Waals surface area contributed by atoms with Gasteiger partial charge in [0.25, 0.3) is 5.91 Å². The summed E-state index contributed by atoms with van der Waals surface area (Å²) in [5.41, 5.74) is 2.05. The first-order valence-electron chi connectivity index (χ1n) is 5.95. The van der Waals surface area contributed by atoms with Gasteiger partial charge in [0.05, 0.1) is 0 Å². The van der Waals surface area contributed by atoms with Crippen molar-refractivity contribution < 1.29 is 14.7 Å². The van der Waals surface area contributed by atoms with Crippen LogP contribution in [0.5, 0.6) is 0 Å². The van der Waals surface area contributed by atoms with Crippen LogP contribution in [0.4, 0.5) is 0 Å². The number of pyridine rings is 2. The van der Waals surface area contributed by atoms with Gasteiger partial charge in [0.2, 0.25) is 0 Å². The van der Waals surface area contributed by atoms with Gasteiger partial charge < -0.3 is 10.4 Å². The van der Waals surface area contributed by atoms with Crippen LogP contribution in [0, 0.1) is 6.92 Å². The minimum atomic E-state index is -1.16. The van der Waals surface area contributed by atoms with Crippen LogP contribution in [-0.4, -0.2) is 27.0 Å². The summed E-state index contributed by atoms with van der Waals surface area (Å²) in [6.45, 7) is 2.27. The second-order valence-corrected chi connectivity index (χ2v) is 4.22. The first-order valence-corrected chi connectivity index (χ1v) is 5.95. The van der Waals surface area contributed by atoms with E-state index in [-0.39, 0.29) is 17.2 Å². The molecule has 0 aliphatic heterocycles. The molecule has 2 heterocycles. The number of carbonyl (C=O) groups is 2. The molecule has 0 aromatic carbocycles. The van der Waals surface area contributed by atoms with Crippen molar-refractivity contribution in [1.29, 1.82) is 0 Å². The van der Waals surface area contributed by atoms with Crippen LogP contribution in [-0.2, 0) is 6.54 Å². The van der Waals surface area contributed by atoms with Gasteiger partial charge in [-0.2, -0.15) is 0 Å². The lowest BCUT2D eigenvalue weighted by atomic mass is 10.1. The van der Waals surface area contributed by atoms with Crippen LogP contribution in [0.15, 0.2) is 36.8 Å². The molecule has 0 saturated heterocycles. The predicted octanol–water partition coefficient (Wildman–Crippen LogP) is 1.41. The fraction of sp³-hybridized carbons (Fsp3) is 0.143. The van der Waals surface area contributed by atoms with E-state index in [1.807, 2.05) is 13.0 Å². The smallest absolute Gasteiger partial charge is 0.354 e. The molecule has 6 nitrogen and oxygen atoms in total. The van der Waals surface area contributed by atoms with Crippen LogP contribution >= 0.6 is 0 Å². The Balaban J connectivity index is 2.07. The van der Waals surface area contributed by atoms with Crippen LogP contribution < -0.4 is 5.32 Å². The van der Waals surface area contributed by atoms with Crippen molar-refractivity contribution in [3.63, 3.8) is 0 Å². The molecule has 0 radical (unpaired) electrons. The molecule has 0 atom stereocenters. The third-order valence-corrected chi connectivity index (χ3v) is 2.82. The van der Waals surface area contributed by atoms with Crippen LogP contribution in [0.1, 0.15) is 32.0 Å². The van der Waals surface area contributed by atoms with E-state index in [0.717, 1.165) is 11.1 Å². The molecule has 0 aliphatic carbocycles. The first-order chi connectivity index (χ1) is 9.58. The summed E-state index contributed by atoms with van der Waals surface area (Å²) >= 11 is 0. The minimum Gasteiger partial charge on any atom is -0.477 e. The number of amides is 1. The van der Waals surface area contributed by atoms with Gasteiger partial charge in [-0.3, -0.25) is 9.78 Å². The minimum absolute atomic E-state index is 0.155. The zero-order valence-corrected chi connectivity index (χ0v) is 10.8. The number of rotatable bonds is 4. The number of carboxylic acids is 1. The third-order valence-electron chi connectivity index (χ3n) is 2.82. The number of nitrogens with one attached hydrogen (secondary N) is 1. The standard InChI is InChI=1S/C14H13N3O3/c1-9-7-15-4-2-11(9)8-17-13(18)10-3-5-16-12(6-10)14(19)20/h2-7H,8H2,1H3,(H,17,18)(H,19,20). The van der Waals surface area contributed by atoms with E-state index in [9.17, 15) is 9.59 Å². The molecular formula is C14H13N3O3. The Kier molecular flexibility index (Phi) is 4.05. The highest BCUT2D eigenvalue weighted by Crippen LogP contribution is 2.06. The number of aryl methyl sites for hydroxylation is 1. The maximum Gasteiger partial charge on any atom is 0.354 e. The van der Waals surface area contributed by atoms with E-state index in [4.69, 9.17) is 5.11 Å². The lowest BCUT2D eigenvalue weighted by Gasteiger charge is -2.07. The van der Waals surface area contributed by atoms with Crippen molar-refractivity contribution >= 4 is 11.9 Å². The number of nitrogens with zero attached hydrogens (tertiary/aromatic N) is 2. The summed E-state index contributed by atoms with van der Waals surface area (Å²) in [5.74, 6) is -1.50. The van der Waals surface area contributed by atoms with Crippen molar-refractivity contribution in [2.24, 2.45) is 0 Å². The normalized spacial score (nSPS) is 10.1. The fourth-order valence-corrected chi connectivity index (χ4v) is 1.67. The quantitative estimate of drug-likeness (QED) is 0.877. The lowest BCUT2D eigenvalue weighted by Crippen LogP contribution is -2.23. The van der Waals surface area contributed by atoms with Gasteiger partial charge >= 0.3 is 5.97 Å². The maximum absolute atomic E-state index is 12.0. The highest BCUT2D eigenvalue weighted by molar-refractivity contribution is 5.96. The molecule has 2 rings (SSSR count). The van der Waals surface area contributed by atoms with Gasteiger partial charge in [0.1, 0.15) is 5.69 Å². The number of carboxylic acid groups (broad SMARTS) is 1. The SMILES string of the molecule is Cc1cnccc1CNC(=O)c1ccnc(C(=O)O)c1. The van der Waals surface area contributed by atoms with Gasteiger partial charge in [-0.25, -0.2) is 9.78 Å². The molecule has 2 aromatic rings. The van der Waals surface area contributed by atoms with E-state index in [0.29, 0.717) is 6.54 Å². The Bertz CT molecular complexity index is 656. The van der Waals surface area contributed by atoms with Crippen molar-refractivity contribution in [3.05, 3.63) is 59.2 Å². The second kappa shape index (κ2) is 5.92. The summed E-state index contributed by atoms with van der Waals surface area (Å²) in [5, 5.41) is 11.6. The Labute approximate surface area is 115 Å². The van der Waals surface area contributed by atoms with Crippen LogP contribution in [0.2, 0.25) is 0 Å². The van der Waals surface area contributed by atoms with Crippen LogP contribution in [0.3, 0.4) is 0 Å². The maximum atomic E-state index is 12.0. The summed E-state index contributed by atoms with van der Waals surface area (Å²) in [6, 6.07) is 4.54. The molecule has 2 aromatic heterocycles. The van der Waals surface area contributed by atoms with Crippen molar-refractivity contribution in [3.8, 4) is 0 Å². The van der Waals surface area contributed by atoms with Gasteiger partial charge in [0, 0.05) is 30.7 Å². The molecule has 0 spiro atoms. The van der Waals surface area contributed by atoms with Gasteiger partial charge in [-0.15, -0.1) is 0 Å². The van der Waals surface area contributed by atoms with E-state index in [1.165, 1.54) is 18.3 Å². The summed E-state index contributed by atoms with van der Waals surface area (Å²) < 4.78 is 0. The highest BCUT2D eigenvalue weighted by Gasteiger charge is 2.10. The summed E-state index contributed by atoms with van der Waals surface area (Å²) in [6.07, 6.45) is 4.68. The largest absolute Gasteiger partial charge is 0.477 e. The van der Waals surface area contributed by atoms with Crippen molar-refractivity contribution in [2.75, 3.05) is 0 Å². The monoisotopic (exact) mass is 271 g/mol. The molecule has 20 heavy (non-hydrogen) atoms. The first kappa shape index (κ1) is 13.7. The molecule has 0 unspecified atom stereocenters.